The molecule has 18 heteroatoms. The quantitative estimate of drug-likeness (QED) is 0.0388. The van der Waals surface area contributed by atoms with E-state index >= 15 is 0 Å². The third-order valence-electron chi connectivity index (χ3n) is 7.56. The summed E-state index contributed by atoms with van der Waals surface area (Å²) in [6.45, 7) is 7.44. The Labute approximate surface area is 292 Å². The molecule has 0 unspecified atom stereocenters. The zero-order valence-corrected chi connectivity index (χ0v) is 29.7. The van der Waals surface area contributed by atoms with Gasteiger partial charge in [-0.25, -0.2) is 0 Å². The first kappa shape index (κ1) is 42.6. The zero-order chi connectivity index (χ0) is 38.2. The number of carbonyl (C=O) groups is 6. The van der Waals surface area contributed by atoms with Gasteiger partial charge < -0.3 is 54.8 Å². The molecular weight excluding hydrogens is 648 g/mol. The van der Waals surface area contributed by atoms with E-state index in [0.717, 1.165) is 5.56 Å². The molecule has 0 heterocycles. The molecule has 14 N–H and O–H groups in total. The van der Waals surface area contributed by atoms with Crippen LogP contribution in [0.5, 0.6) is 0 Å². The summed E-state index contributed by atoms with van der Waals surface area (Å²) >= 11 is 0. The van der Waals surface area contributed by atoms with E-state index < -0.39 is 64.6 Å². The fourth-order valence-corrected chi connectivity index (χ4v) is 4.97. The SMILES string of the molecule is CC(=O)NC(C)(C)C(=O)N(C)[C@@H](CCCN=C(N)N)C(=O)NC(C)(C)C(=O)N[C@@H](CCCN=C(N)N)C(=O)N[C@@H](Cc1ccccc1)C(N)=O. The van der Waals surface area contributed by atoms with Crippen LogP contribution in [0.2, 0.25) is 0 Å². The van der Waals surface area contributed by atoms with Crippen molar-refractivity contribution in [2.45, 2.75) is 95.9 Å². The minimum absolute atomic E-state index is 0.0675. The highest BCUT2D eigenvalue weighted by Gasteiger charge is 2.40. The topological polar surface area (TPSA) is 309 Å². The van der Waals surface area contributed by atoms with E-state index in [1.807, 2.05) is 0 Å². The van der Waals surface area contributed by atoms with Crippen molar-refractivity contribution in [1.82, 2.24) is 26.2 Å². The molecule has 18 nitrogen and oxygen atoms in total. The second kappa shape index (κ2) is 19.5. The Morgan fingerprint density at radius 3 is 1.78 bits per heavy atom. The molecule has 1 rings (SSSR count). The normalized spacial score (nSPS) is 13.0. The maximum atomic E-state index is 13.7. The molecule has 0 aliphatic carbocycles. The van der Waals surface area contributed by atoms with Gasteiger partial charge in [-0.05, 0) is 58.9 Å². The first-order valence-electron chi connectivity index (χ1n) is 16.1. The minimum Gasteiger partial charge on any atom is -0.370 e. The third-order valence-corrected chi connectivity index (χ3v) is 7.56. The molecule has 0 bridgehead atoms. The number of hydrogen-bond acceptors (Lipinski definition) is 8. The summed E-state index contributed by atoms with van der Waals surface area (Å²) < 4.78 is 0. The van der Waals surface area contributed by atoms with Crippen LogP contribution in [-0.2, 0) is 35.2 Å². The van der Waals surface area contributed by atoms with Crippen molar-refractivity contribution in [3.63, 3.8) is 0 Å². The summed E-state index contributed by atoms with van der Waals surface area (Å²) in [5.74, 6) is -4.17. The van der Waals surface area contributed by atoms with Crippen LogP contribution in [0.4, 0.5) is 0 Å². The largest absolute Gasteiger partial charge is 0.370 e. The van der Waals surface area contributed by atoms with Crippen LogP contribution in [0.15, 0.2) is 40.3 Å². The maximum absolute atomic E-state index is 13.7. The number of rotatable bonds is 20. The molecule has 0 aliphatic heterocycles. The number of nitrogens with two attached hydrogens (primary N) is 5. The molecule has 0 radical (unpaired) electrons. The highest BCUT2D eigenvalue weighted by Crippen LogP contribution is 2.16. The van der Waals surface area contributed by atoms with Crippen molar-refractivity contribution in [2.24, 2.45) is 38.7 Å². The van der Waals surface area contributed by atoms with Crippen molar-refractivity contribution < 1.29 is 28.8 Å². The second-order valence-corrected chi connectivity index (χ2v) is 12.9. The summed E-state index contributed by atoms with van der Waals surface area (Å²) in [6.07, 6.45) is 0.858. The van der Waals surface area contributed by atoms with Gasteiger partial charge in [0, 0.05) is 33.5 Å². The van der Waals surface area contributed by atoms with Crippen molar-refractivity contribution in [3.8, 4) is 0 Å². The van der Waals surface area contributed by atoms with E-state index in [1.54, 1.807) is 30.3 Å². The molecule has 0 saturated heterocycles. The van der Waals surface area contributed by atoms with Crippen LogP contribution < -0.4 is 49.9 Å². The van der Waals surface area contributed by atoms with Gasteiger partial charge in [0.25, 0.3) is 0 Å². The molecule has 1 aromatic carbocycles. The second-order valence-electron chi connectivity index (χ2n) is 12.9. The van der Waals surface area contributed by atoms with E-state index in [-0.39, 0.29) is 50.7 Å². The summed E-state index contributed by atoms with van der Waals surface area (Å²) in [5, 5.41) is 10.5. The highest BCUT2D eigenvalue weighted by molar-refractivity contribution is 5.98. The van der Waals surface area contributed by atoms with Gasteiger partial charge in [0.2, 0.25) is 35.4 Å². The molecule has 0 aromatic heterocycles. The van der Waals surface area contributed by atoms with Gasteiger partial charge in [-0.3, -0.25) is 38.8 Å². The third kappa shape index (κ3) is 14.8. The fraction of sp³-hybridized carbons (Fsp3) is 0.562. The predicted octanol–water partition coefficient (Wildman–Crippen LogP) is -2.57. The average Bonchev–Trinajstić information content (AvgIpc) is 3.00. The summed E-state index contributed by atoms with van der Waals surface area (Å²) in [5.41, 5.74) is 25.0. The summed E-state index contributed by atoms with van der Waals surface area (Å²) in [6, 6.07) is 5.57. The van der Waals surface area contributed by atoms with Gasteiger partial charge in [0.1, 0.15) is 29.2 Å². The Balaban J connectivity index is 3.26. The molecule has 0 spiro atoms. The Morgan fingerprint density at radius 1 is 0.740 bits per heavy atom. The van der Waals surface area contributed by atoms with E-state index in [9.17, 15) is 28.8 Å². The number of benzene rings is 1. The summed E-state index contributed by atoms with van der Waals surface area (Å²) in [7, 11) is 1.41. The number of aliphatic imine (C=N–C) groups is 2. The molecule has 0 aliphatic rings. The maximum Gasteiger partial charge on any atom is 0.248 e. The molecule has 50 heavy (non-hydrogen) atoms. The molecule has 3 atom stereocenters. The van der Waals surface area contributed by atoms with Gasteiger partial charge in [0.15, 0.2) is 11.9 Å². The van der Waals surface area contributed by atoms with Crippen molar-refractivity contribution >= 4 is 47.4 Å². The van der Waals surface area contributed by atoms with Crippen molar-refractivity contribution in [3.05, 3.63) is 35.9 Å². The van der Waals surface area contributed by atoms with Crippen LogP contribution in [0, 0.1) is 0 Å². The van der Waals surface area contributed by atoms with Gasteiger partial charge in [-0.2, -0.15) is 0 Å². The number of likely N-dealkylation sites (N-methyl/N-ethyl adjacent to an activating group) is 1. The molecule has 278 valence electrons. The Kier molecular flexibility index (Phi) is 16.7. The lowest BCUT2D eigenvalue weighted by Gasteiger charge is -2.36. The van der Waals surface area contributed by atoms with Gasteiger partial charge in [-0.1, -0.05) is 30.3 Å². The Bertz CT molecular complexity index is 1410. The molecule has 1 aromatic rings. The number of amides is 6. The zero-order valence-electron chi connectivity index (χ0n) is 29.7. The molecule has 0 fully saturated rings. The Morgan fingerprint density at radius 2 is 1.28 bits per heavy atom. The number of primary amides is 1. The van der Waals surface area contributed by atoms with Gasteiger partial charge >= 0.3 is 0 Å². The van der Waals surface area contributed by atoms with E-state index in [4.69, 9.17) is 28.7 Å². The smallest absolute Gasteiger partial charge is 0.248 e. The van der Waals surface area contributed by atoms with Crippen LogP contribution in [0.1, 0.15) is 65.9 Å². The molecule has 6 amide bonds. The first-order valence-corrected chi connectivity index (χ1v) is 16.1. The highest BCUT2D eigenvalue weighted by atomic mass is 16.2. The molecular formula is C32H54N12O6. The van der Waals surface area contributed by atoms with E-state index in [1.165, 1.54) is 46.6 Å². The van der Waals surface area contributed by atoms with E-state index in [2.05, 4.69) is 31.3 Å². The molecule has 0 saturated carbocycles. The van der Waals surface area contributed by atoms with Gasteiger partial charge in [-0.15, -0.1) is 0 Å². The van der Waals surface area contributed by atoms with Crippen molar-refractivity contribution in [2.75, 3.05) is 20.1 Å². The van der Waals surface area contributed by atoms with Crippen molar-refractivity contribution in [1.29, 1.82) is 0 Å². The number of carbonyl (C=O) groups excluding carboxylic acids is 6. The lowest BCUT2D eigenvalue weighted by molar-refractivity contribution is -0.146. The van der Waals surface area contributed by atoms with Crippen LogP contribution in [-0.4, -0.2) is 102 Å². The van der Waals surface area contributed by atoms with Crippen LogP contribution in [0.25, 0.3) is 0 Å². The average molecular weight is 703 g/mol. The van der Waals surface area contributed by atoms with Crippen LogP contribution in [0.3, 0.4) is 0 Å². The fourth-order valence-electron chi connectivity index (χ4n) is 4.97. The van der Waals surface area contributed by atoms with E-state index in [0.29, 0.717) is 6.42 Å². The number of guanidine groups is 2. The predicted molar refractivity (Wildman–Crippen MR) is 190 cm³/mol. The Hall–Kier alpha value is -5.42. The lowest BCUT2D eigenvalue weighted by Crippen LogP contribution is -2.64. The monoisotopic (exact) mass is 702 g/mol. The number of nitrogens with zero attached hydrogens (tertiary/aromatic N) is 3. The number of nitrogens with one attached hydrogen (secondary N) is 4. The van der Waals surface area contributed by atoms with Crippen LogP contribution >= 0.6 is 0 Å². The first-order chi connectivity index (χ1) is 23.2. The minimum atomic E-state index is -1.61. The standard InChI is InChI=1S/C32H54N12O6/c1-19(45)42-32(4,5)28(50)44(6)23(15-11-17-39-30(36)37)26(48)43-31(2,3)27(49)41-21(14-10-16-38-29(34)35)25(47)40-22(24(33)46)18-20-12-8-7-9-13-20/h7-9,12-13,21-23H,10-11,14-18H2,1-6H3,(H2,33,46)(H,40,47)(H,41,49)(H,42,45)(H,43,48)(H4,34,35,38)(H4,36,37,39)/t21-,22-,23-/m0/s1. The lowest BCUT2D eigenvalue weighted by atomic mass is 9.98. The number of hydrogen-bond donors (Lipinski definition) is 9. The summed E-state index contributed by atoms with van der Waals surface area (Å²) in [4.78, 5) is 87.3. The van der Waals surface area contributed by atoms with Gasteiger partial charge in [0.05, 0.1) is 0 Å².